The molecule has 1 aliphatic heterocycles. The third-order valence-electron chi connectivity index (χ3n) is 6.17. The number of halogens is 2. The van der Waals surface area contributed by atoms with Gasteiger partial charge in [-0.1, -0.05) is 36.0 Å². The van der Waals surface area contributed by atoms with Crippen molar-refractivity contribution in [2.45, 2.75) is 25.7 Å². The Morgan fingerprint density at radius 3 is 2.06 bits per heavy atom. The summed E-state index contributed by atoms with van der Waals surface area (Å²) in [7, 11) is 1.51. The molecule has 4 rings (SSSR count). The number of ketones is 1. The monoisotopic (exact) mass is 488 g/mol. The molecule has 0 N–H and O–H groups in total. The van der Waals surface area contributed by atoms with E-state index < -0.39 is 41.9 Å². The number of hydrogen-bond acceptors (Lipinski definition) is 5. The lowest BCUT2D eigenvalue weighted by atomic mass is 9.81. The molecule has 0 unspecified atom stereocenters. The van der Waals surface area contributed by atoms with E-state index >= 15 is 0 Å². The van der Waals surface area contributed by atoms with Crippen molar-refractivity contribution in [1.29, 1.82) is 0 Å². The molecule has 7 nitrogen and oxygen atoms in total. The Labute approximate surface area is 201 Å². The van der Waals surface area contributed by atoms with Gasteiger partial charge in [-0.15, -0.1) is 0 Å². The number of methoxy groups -OCH3 is 1. The molecule has 0 aromatic heterocycles. The molecule has 33 heavy (non-hydrogen) atoms. The number of carbonyl (C=O) groups excluding carboxylic acids is 4. The van der Waals surface area contributed by atoms with Crippen LogP contribution in [-0.2, 0) is 9.59 Å². The lowest BCUT2D eigenvalue weighted by Crippen LogP contribution is -2.52. The number of nitrogens with zero attached hydrogens (tertiary/aromatic N) is 2. The van der Waals surface area contributed by atoms with Crippen LogP contribution < -0.4 is 4.74 Å². The molecule has 172 valence electrons. The molecule has 0 spiro atoms. The lowest BCUT2D eigenvalue weighted by molar-refractivity contribution is -0.154. The molecular formula is C24H22Cl2N2O5. The minimum absolute atomic E-state index is 0.113. The summed E-state index contributed by atoms with van der Waals surface area (Å²) in [6, 6.07) is 10.6. The lowest BCUT2D eigenvalue weighted by Gasteiger charge is -2.30. The van der Waals surface area contributed by atoms with Crippen molar-refractivity contribution in [3.8, 4) is 5.75 Å². The van der Waals surface area contributed by atoms with Gasteiger partial charge in [0, 0.05) is 11.1 Å². The van der Waals surface area contributed by atoms with Gasteiger partial charge in [-0.25, -0.2) is 5.01 Å². The zero-order chi connectivity index (χ0) is 23.7. The van der Waals surface area contributed by atoms with E-state index in [1.54, 1.807) is 24.3 Å². The zero-order valence-electron chi connectivity index (χ0n) is 17.9. The minimum atomic E-state index is -0.684. The molecule has 1 saturated carbocycles. The van der Waals surface area contributed by atoms with Crippen LogP contribution in [0.2, 0.25) is 10.0 Å². The highest BCUT2D eigenvalue weighted by Crippen LogP contribution is 2.39. The van der Waals surface area contributed by atoms with Crippen LogP contribution in [0.15, 0.2) is 42.5 Å². The van der Waals surface area contributed by atoms with Gasteiger partial charge in [-0.2, -0.15) is 5.01 Å². The summed E-state index contributed by atoms with van der Waals surface area (Å²) in [5, 5.41) is 2.22. The summed E-state index contributed by atoms with van der Waals surface area (Å²) in [6.45, 7) is -0.484. The highest BCUT2D eigenvalue weighted by molar-refractivity contribution is 6.42. The molecule has 2 aliphatic rings. The molecule has 1 heterocycles. The fourth-order valence-electron chi connectivity index (χ4n) is 4.40. The largest absolute Gasteiger partial charge is 0.497 e. The van der Waals surface area contributed by atoms with E-state index in [4.69, 9.17) is 27.9 Å². The van der Waals surface area contributed by atoms with Gasteiger partial charge in [0.2, 0.25) is 0 Å². The maximum Gasteiger partial charge on any atom is 0.273 e. The second kappa shape index (κ2) is 9.53. The second-order valence-electron chi connectivity index (χ2n) is 8.13. The first-order valence-electron chi connectivity index (χ1n) is 10.6. The van der Waals surface area contributed by atoms with E-state index in [2.05, 4.69) is 0 Å². The Morgan fingerprint density at radius 2 is 1.52 bits per heavy atom. The van der Waals surface area contributed by atoms with E-state index in [1.165, 1.54) is 25.3 Å². The Kier molecular flexibility index (Phi) is 6.72. The van der Waals surface area contributed by atoms with Crippen LogP contribution in [0.3, 0.4) is 0 Å². The predicted octanol–water partition coefficient (Wildman–Crippen LogP) is 4.42. The molecule has 2 fully saturated rings. The van der Waals surface area contributed by atoms with E-state index in [1.807, 2.05) is 0 Å². The average molecular weight is 489 g/mol. The smallest absolute Gasteiger partial charge is 0.273 e. The maximum atomic E-state index is 13.5. The SMILES string of the molecule is COc1ccc(C(=O)CN(C(=O)c2ccc(Cl)c(Cl)c2)N2C(=O)[C@@H]3CCCC[C@H]3C2=O)cc1. The quantitative estimate of drug-likeness (QED) is 0.443. The van der Waals surface area contributed by atoms with Crippen molar-refractivity contribution in [2.24, 2.45) is 11.8 Å². The summed E-state index contributed by atoms with van der Waals surface area (Å²) in [5.74, 6) is -2.36. The summed E-state index contributed by atoms with van der Waals surface area (Å²) in [6.07, 6.45) is 2.87. The van der Waals surface area contributed by atoms with Gasteiger partial charge in [-0.05, 0) is 55.3 Å². The number of Topliss-reactive ketones (excluding diaryl/α,β-unsaturated/α-hetero) is 1. The first-order valence-corrected chi connectivity index (χ1v) is 11.4. The Bertz CT molecular complexity index is 1090. The summed E-state index contributed by atoms with van der Waals surface area (Å²) >= 11 is 12.1. The van der Waals surface area contributed by atoms with E-state index in [-0.39, 0.29) is 15.6 Å². The van der Waals surface area contributed by atoms with Crippen LogP contribution in [0.5, 0.6) is 5.75 Å². The Balaban J connectivity index is 1.69. The third kappa shape index (κ3) is 4.48. The number of hydrogen-bond donors (Lipinski definition) is 0. The van der Waals surface area contributed by atoms with Crippen LogP contribution in [-0.4, -0.2) is 47.2 Å². The molecule has 0 radical (unpaired) electrons. The van der Waals surface area contributed by atoms with E-state index in [9.17, 15) is 19.2 Å². The van der Waals surface area contributed by atoms with Gasteiger partial charge in [0.15, 0.2) is 5.78 Å². The molecule has 1 aliphatic carbocycles. The van der Waals surface area contributed by atoms with Crippen LogP contribution >= 0.6 is 23.2 Å². The summed E-state index contributed by atoms with van der Waals surface area (Å²) in [5.41, 5.74) is 0.432. The first kappa shape index (κ1) is 23.3. The first-order chi connectivity index (χ1) is 15.8. The number of amides is 3. The maximum absolute atomic E-state index is 13.5. The van der Waals surface area contributed by atoms with Crippen molar-refractivity contribution in [3.05, 3.63) is 63.6 Å². The summed E-state index contributed by atoms with van der Waals surface area (Å²) in [4.78, 5) is 52.9. The number of fused-ring (bicyclic) bond motifs is 1. The molecule has 3 amide bonds. The van der Waals surface area contributed by atoms with Crippen LogP contribution in [0.25, 0.3) is 0 Å². The van der Waals surface area contributed by atoms with Crippen molar-refractivity contribution in [1.82, 2.24) is 10.0 Å². The average Bonchev–Trinajstić information content (AvgIpc) is 3.09. The highest BCUT2D eigenvalue weighted by Gasteiger charge is 2.51. The van der Waals surface area contributed by atoms with Gasteiger partial charge < -0.3 is 4.74 Å². The molecule has 2 atom stereocenters. The highest BCUT2D eigenvalue weighted by atomic mass is 35.5. The Hall–Kier alpha value is -2.90. The molecule has 1 saturated heterocycles. The number of imide groups is 1. The number of hydrazine groups is 1. The predicted molar refractivity (Wildman–Crippen MR) is 122 cm³/mol. The molecule has 9 heteroatoms. The molecule has 2 aromatic carbocycles. The van der Waals surface area contributed by atoms with Crippen LogP contribution in [0.1, 0.15) is 46.4 Å². The summed E-state index contributed by atoms with van der Waals surface area (Å²) < 4.78 is 5.11. The number of ether oxygens (including phenoxy) is 1. The van der Waals surface area contributed by atoms with Crippen molar-refractivity contribution >= 4 is 46.7 Å². The van der Waals surface area contributed by atoms with Crippen LogP contribution in [0.4, 0.5) is 0 Å². The van der Waals surface area contributed by atoms with Gasteiger partial charge in [0.05, 0.1) is 29.0 Å². The topological polar surface area (TPSA) is 84.0 Å². The molecule has 0 bridgehead atoms. The normalized spacial score (nSPS) is 19.9. The fourth-order valence-corrected chi connectivity index (χ4v) is 4.70. The zero-order valence-corrected chi connectivity index (χ0v) is 19.4. The van der Waals surface area contributed by atoms with Crippen LogP contribution in [0, 0.1) is 11.8 Å². The number of benzene rings is 2. The Morgan fingerprint density at radius 1 is 0.939 bits per heavy atom. The standard InChI is InChI=1S/C24H22Cl2N2O5/c1-33-16-9-6-14(7-10-16)21(29)13-27(22(30)15-8-11-19(25)20(26)12-15)28-23(31)17-4-2-3-5-18(17)24(28)32/h6-12,17-18H,2-5,13H2,1H3/t17-,18-/m1/s1. The molecule has 2 aromatic rings. The van der Waals surface area contributed by atoms with Gasteiger partial charge >= 0.3 is 0 Å². The van der Waals surface area contributed by atoms with E-state index in [0.717, 1.165) is 22.9 Å². The van der Waals surface area contributed by atoms with Gasteiger partial charge in [0.25, 0.3) is 17.7 Å². The van der Waals surface area contributed by atoms with Crippen molar-refractivity contribution in [2.75, 3.05) is 13.7 Å². The van der Waals surface area contributed by atoms with Crippen molar-refractivity contribution in [3.63, 3.8) is 0 Å². The number of carbonyl (C=O) groups is 4. The number of rotatable bonds is 6. The second-order valence-corrected chi connectivity index (χ2v) is 8.94. The minimum Gasteiger partial charge on any atom is -0.497 e. The van der Waals surface area contributed by atoms with Gasteiger partial charge in [0.1, 0.15) is 12.3 Å². The molecular weight excluding hydrogens is 467 g/mol. The van der Waals surface area contributed by atoms with E-state index in [0.29, 0.717) is 24.2 Å². The third-order valence-corrected chi connectivity index (χ3v) is 6.90. The van der Waals surface area contributed by atoms with Gasteiger partial charge in [-0.3, -0.25) is 19.2 Å². The fraction of sp³-hybridized carbons (Fsp3) is 0.333. The van der Waals surface area contributed by atoms with Crippen molar-refractivity contribution < 1.29 is 23.9 Å².